The van der Waals surface area contributed by atoms with Gasteiger partial charge in [-0.15, -0.1) is 0 Å². The number of aromatic nitrogens is 2. The van der Waals surface area contributed by atoms with E-state index < -0.39 is 0 Å². The third-order valence-corrected chi connectivity index (χ3v) is 1.06. The van der Waals surface area contributed by atoms with Gasteiger partial charge in [0, 0.05) is 12.4 Å². The van der Waals surface area contributed by atoms with Crippen molar-refractivity contribution in [2.24, 2.45) is 0 Å². The van der Waals surface area contributed by atoms with Crippen LogP contribution in [0.3, 0.4) is 0 Å². The Hall–Kier alpha value is -1.89. The van der Waals surface area contributed by atoms with Gasteiger partial charge < -0.3 is 5.11 Å². The van der Waals surface area contributed by atoms with Gasteiger partial charge in [-0.05, 0) is 6.07 Å². The molecule has 1 aromatic rings. The van der Waals surface area contributed by atoms with Gasteiger partial charge in [-0.3, -0.25) is 0 Å². The Bertz CT molecular complexity index is 299. The van der Waals surface area contributed by atoms with E-state index in [1.54, 1.807) is 12.1 Å². The van der Waals surface area contributed by atoms with Crippen molar-refractivity contribution in [2.45, 2.75) is 0 Å². The highest BCUT2D eigenvalue weighted by atomic mass is 16.2. The van der Waals surface area contributed by atoms with Crippen LogP contribution in [-0.2, 0) is 0 Å². The van der Waals surface area contributed by atoms with Crippen LogP contribution in [0.1, 0.15) is 5.82 Å². The van der Waals surface area contributed by atoms with Gasteiger partial charge in [-0.1, -0.05) is 0 Å². The fourth-order valence-corrected chi connectivity index (χ4v) is 0.575. The first-order valence-corrected chi connectivity index (χ1v) is 2.90. The predicted molar refractivity (Wildman–Crippen MR) is 38.3 cm³/mol. The largest absolute Gasteiger partial charge is 0.514 e. The maximum Gasteiger partial charge on any atom is 0.173 e. The van der Waals surface area contributed by atoms with Crippen LogP contribution in [0.2, 0.25) is 0 Å². The molecule has 1 rings (SSSR count). The maximum atomic E-state index is 8.51. The molecule has 0 radical (unpaired) electrons. The lowest BCUT2D eigenvalue weighted by atomic mass is 10.3. The summed E-state index contributed by atoms with van der Waals surface area (Å²) in [5.41, 5.74) is 0.0607. The number of allylic oxidation sites excluding steroid dienone is 1. The van der Waals surface area contributed by atoms with Crippen molar-refractivity contribution >= 4 is 5.57 Å². The number of nitrogens with zero attached hydrogens (tertiary/aromatic N) is 3. The molecule has 1 heterocycles. The Balaban J connectivity index is 3.05. The van der Waals surface area contributed by atoms with Gasteiger partial charge in [0.2, 0.25) is 0 Å². The minimum atomic E-state index is 0.0607. The van der Waals surface area contributed by atoms with E-state index in [9.17, 15) is 0 Å². The zero-order valence-electron chi connectivity index (χ0n) is 5.60. The average Bonchev–Trinajstić information content (AvgIpc) is 2.09. The molecule has 0 aliphatic rings. The smallest absolute Gasteiger partial charge is 0.173 e. The number of aliphatic hydroxyl groups is 1. The maximum absolute atomic E-state index is 8.51. The molecule has 0 saturated heterocycles. The molecule has 54 valence electrons. The Morgan fingerprint density at radius 3 is 2.64 bits per heavy atom. The van der Waals surface area contributed by atoms with Crippen molar-refractivity contribution in [3.63, 3.8) is 0 Å². The fraction of sp³-hybridized carbons (Fsp3) is 0. The number of hydrogen-bond acceptors (Lipinski definition) is 4. The predicted octanol–water partition coefficient (Wildman–Crippen LogP) is 0.899. The first-order chi connectivity index (χ1) is 5.38. The molecule has 4 nitrogen and oxygen atoms in total. The minimum absolute atomic E-state index is 0.0607. The van der Waals surface area contributed by atoms with E-state index in [1.807, 2.05) is 0 Å². The summed E-state index contributed by atoms with van der Waals surface area (Å²) in [6.07, 6.45) is 3.70. The topological polar surface area (TPSA) is 69.8 Å². The van der Waals surface area contributed by atoms with Gasteiger partial charge in [0.15, 0.2) is 5.82 Å². The number of aliphatic hydroxyl groups excluding tert-OH is 1. The number of rotatable bonds is 1. The molecule has 0 fully saturated rings. The van der Waals surface area contributed by atoms with Crippen molar-refractivity contribution in [1.29, 1.82) is 5.26 Å². The minimum Gasteiger partial charge on any atom is -0.514 e. The zero-order chi connectivity index (χ0) is 8.10. The Labute approximate surface area is 63.5 Å². The molecule has 0 spiro atoms. The summed E-state index contributed by atoms with van der Waals surface area (Å²) >= 11 is 0. The molecule has 0 aliphatic heterocycles. The van der Waals surface area contributed by atoms with Gasteiger partial charge in [-0.25, -0.2) is 9.97 Å². The van der Waals surface area contributed by atoms with Crippen molar-refractivity contribution in [3.8, 4) is 6.07 Å². The number of hydrogen-bond donors (Lipinski definition) is 1. The van der Waals surface area contributed by atoms with Crippen molar-refractivity contribution < 1.29 is 5.11 Å². The van der Waals surface area contributed by atoms with Crippen LogP contribution in [0.15, 0.2) is 24.7 Å². The van der Waals surface area contributed by atoms with E-state index in [-0.39, 0.29) is 11.4 Å². The standard InChI is InChI=1S/C7H5N3O/c8-4-6(5-11)7-9-2-1-3-10-7/h1-3,5,11H/b6-5+. The van der Waals surface area contributed by atoms with Crippen molar-refractivity contribution in [1.82, 2.24) is 9.97 Å². The lowest BCUT2D eigenvalue weighted by Gasteiger charge is -1.91. The van der Waals surface area contributed by atoms with E-state index in [1.165, 1.54) is 12.4 Å². The van der Waals surface area contributed by atoms with Gasteiger partial charge in [0.05, 0.1) is 0 Å². The normalized spacial score (nSPS) is 10.6. The molecule has 0 atom stereocenters. The molecule has 1 N–H and O–H groups in total. The van der Waals surface area contributed by atoms with E-state index in [2.05, 4.69) is 9.97 Å². The molecular weight excluding hydrogens is 142 g/mol. The third kappa shape index (κ3) is 1.52. The molecule has 4 heteroatoms. The van der Waals surface area contributed by atoms with Gasteiger partial charge >= 0.3 is 0 Å². The second-order valence-electron chi connectivity index (χ2n) is 1.73. The summed E-state index contributed by atoms with van der Waals surface area (Å²) < 4.78 is 0. The van der Waals surface area contributed by atoms with Crippen LogP contribution in [0.5, 0.6) is 0 Å². The van der Waals surface area contributed by atoms with Gasteiger partial charge in [0.25, 0.3) is 0 Å². The lowest BCUT2D eigenvalue weighted by Crippen LogP contribution is -1.89. The molecule has 0 unspecified atom stereocenters. The summed E-state index contributed by atoms with van der Waals surface area (Å²) in [5.74, 6) is 0.234. The van der Waals surface area contributed by atoms with Crippen LogP contribution >= 0.6 is 0 Å². The monoisotopic (exact) mass is 147 g/mol. The average molecular weight is 147 g/mol. The molecule has 1 aromatic heterocycles. The van der Waals surface area contributed by atoms with Crippen LogP contribution < -0.4 is 0 Å². The van der Waals surface area contributed by atoms with Crippen LogP contribution in [-0.4, -0.2) is 15.1 Å². The molecule has 0 aliphatic carbocycles. The zero-order valence-corrected chi connectivity index (χ0v) is 5.60. The number of nitriles is 1. The molecule has 0 bridgehead atoms. The molecule has 0 aromatic carbocycles. The van der Waals surface area contributed by atoms with E-state index in [4.69, 9.17) is 10.4 Å². The van der Waals surface area contributed by atoms with Crippen LogP contribution in [0, 0.1) is 11.3 Å². The summed E-state index contributed by atoms with van der Waals surface area (Å²) in [5, 5.41) is 16.9. The highest BCUT2D eigenvalue weighted by molar-refractivity contribution is 5.70. The highest BCUT2D eigenvalue weighted by Gasteiger charge is 2.00. The first kappa shape index (κ1) is 7.22. The van der Waals surface area contributed by atoms with E-state index in [0.29, 0.717) is 6.26 Å². The summed E-state index contributed by atoms with van der Waals surface area (Å²) in [4.78, 5) is 7.52. The second kappa shape index (κ2) is 3.32. The second-order valence-corrected chi connectivity index (χ2v) is 1.73. The van der Waals surface area contributed by atoms with Crippen LogP contribution in [0.4, 0.5) is 0 Å². The highest BCUT2D eigenvalue weighted by Crippen LogP contribution is 2.03. The fourth-order valence-electron chi connectivity index (χ4n) is 0.575. The van der Waals surface area contributed by atoms with Crippen LogP contribution in [0.25, 0.3) is 5.57 Å². The Kier molecular flexibility index (Phi) is 2.18. The van der Waals surface area contributed by atoms with Crippen molar-refractivity contribution in [2.75, 3.05) is 0 Å². The van der Waals surface area contributed by atoms with Gasteiger partial charge in [-0.2, -0.15) is 5.26 Å². The van der Waals surface area contributed by atoms with E-state index >= 15 is 0 Å². The SMILES string of the molecule is N#C/C(=C\O)c1ncccn1. The Morgan fingerprint density at radius 1 is 1.55 bits per heavy atom. The molecular formula is C7H5N3O. The quantitative estimate of drug-likeness (QED) is 0.473. The molecule has 0 saturated carbocycles. The summed E-state index contributed by atoms with van der Waals surface area (Å²) in [6, 6.07) is 3.39. The van der Waals surface area contributed by atoms with Crippen molar-refractivity contribution in [3.05, 3.63) is 30.5 Å². The van der Waals surface area contributed by atoms with E-state index in [0.717, 1.165) is 0 Å². The molecule has 0 amide bonds. The lowest BCUT2D eigenvalue weighted by molar-refractivity contribution is 0.476. The first-order valence-electron chi connectivity index (χ1n) is 2.90. The molecule has 11 heavy (non-hydrogen) atoms. The van der Waals surface area contributed by atoms with Gasteiger partial charge in [0.1, 0.15) is 17.9 Å². The third-order valence-electron chi connectivity index (χ3n) is 1.06. The summed E-state index contributed by atoms with van der Waals surface area (Å²) in [7, 11) is 0. The Morgan fingerprint density at radius 2 is 2.18 bits per heavy atom. The summed E-state index contributed by atoms with van der Waals surface area (Å²) in [6.45, 7) is 0.